The predicted molar refractivity (Wildman–Crippen MR) is 97.0 cm³/mol. The van der Waals surface area contributed by atoms with Crippen molar-refractivity contribution >= 4 is 28.5 Å². The second-order valence-electron chi connectivity index (χ2n) is 5.69. The molecule has 1 aromatic heterocycles. The van der Waals surface area contributed by atoms with Gasteiger partial charge >= 0.3 is 5.97 Å². The lowest BCUT2D eigenvalue weighted by atomic mass is 10.2. The molecule has 1 heterocycles. The molecule has 3 rings (SSSR count). The predicted octanol–water partition coefficient (Wildman–Crippen LogP) is 2.35. The van der Waals surface area contributed by atoms with Gasteiger partial charge in [-0.3, -0.25) is 19.0 Å². The van der Waals surface area contributed by atoms with E-state index in [4.69, 9.17) is 4.74 Å². The number of nitrogens with one attached hydrogen (secondary N) is 1. The average molecular weight is 351 g/mol. The van der Waals surface area contributed by atoms with Crippen LogP contribution in [0.25, 0.3) is 10.9 Å². The Morgan fingerprint density at radius 3 is 2.77 bits per heavy atom. The van der Waals surface area contributed by atoms with Crippen molar-refractivity contribution < 1.29 is 14.3 Å². The van der Waals surface area contributed by atoms with E-state index in [1.807, 2.05) is 6.07 Å². The first-order valence-corrected chi connectivity index (χ1v) is 8.05. The molecule has 1 amide bonds. The summed E-state index contributed by atoms with van der Waals surface area (Å²) in [5.74, 6) is -0.369. The number of hydrogen-bond donors (Lipinski definition) is 1. The number of anilines is 1. The maximum absolute atomic E-state index is 12.4. The summed E-state index contributed by atoms with van der Waals surface area (Å²) in [5, 5.41) is 3.12. The van der Waals surface area contributed by atoms with Gasteiger partial charge in [-0.2, -0.15) is 0 Å². The summed E-state index contributed by atoms with van der Waals surface area (Å²) in [4.78, 5) is 39.7. The van der Waals surface area contributed by atoms with Crippen molar-refractivity contribution in [1.29, 1.82) is 0 Å². The van der Waals surface area contributed by atoms with Gasteiger partial charge in [0.15, 0.2) is 0 Å². The van der Waals surface area contributed by atoms with E-state index in [2.05, 4.69) is 10.3 Å². The number of fused-ring (bicyclic) bond motifs is 1. The highest BCUT2D eigenvalue weighted by Crippen LogP contribution is 2.18. The van der Waals surface area contributed by atoms with Gasteiger partial charge in [0.2, 0.25) is 5.91 Å². The molecule has 0 bridgehead atoms. The third-order valence-electron chi connectivity index (χ3n) is 3.67. The molecule has 0 saturated heterocycles. The zero-order chi connectivity index (χ0) is 18.5. The summed E-state index contributed by atoms with van der Waals surface area (Å²) in [7, 11) is 0. The van der Waals surface area contributed by atoms with Gasteiger partial charge in [-0.15, -0.1) is 0 Å². The number of aromatic nitrogens is 2. The highest BCUT2D eigenvalue weighted by molar-refractivity contribution is 5.89. The maximum Gasteiger partial charge on any atom is 0.312 e. The average Bonchev–Trinajstić information content (AvgIpc) is 2.61. The van der Waals surface area contributed by atoms with Gasteiger partial charge in [-0.05, 0) is 24.3 Å². The van der Waals surface area contributed by atoms with Crippen LogP contribution in [0.15, 0.2) is 59.7 Å². The number of ether oxygens (including phenoxy) is 1. The third kappa shape index (κ3) is 4.13. The first-order valence-electron chi connectivity index (χ1n) is 8.05. The van der Waals surface area contributed by atoms with Crippen molar-refractivity contribution in [2.24, 2.45) is 0 Å². The zero-order valence-electron chi connectivity index (χ0n) is 14.1. The summed E-state index contributed by atoms with van der Waals surface area (Å²) in [6.07, 6.45) is 1.44. The van der Waals surface area contributed by atoms with Crippen LogP contribution < -0.4 is 15.6 Å². The van der Waals surface area contributed by atoms with Crippen molar-refractivity contribution in [3.8, 4) is 5.75 Å². The maximum atomic E-state index is 12.4. The Kier molecular flexibility index (Phi) is 5.07. The molecule has 7 nitrogen and oxygen atoms in total. The molecule has 0 fully saturated rings. The van der Waals surface area contributed by atoms with Crippen molar-refractivity contribution in [2.75, 3.05) is 5.32 Å². The van der Waals surface area contributed by atoms with E-state index in [9.17, 15) is 14.4 Å². The minimum atomic E-state index is -0.481. The number of carbonyl (C=O) groups excluding carboxylic acids is 2. The van der Waals surface area contributed by atoms with Crippen LogP contribution in [-0.4, -0.2) is 21.4 Å². The van der Waals surface area contributed by atoms with E-state index >= 15 is 0 Å². The number of amides is 1. The lowest BCUT2D eigenvalue weighted by molar-refractivity contribution is -0.134. The zero-order valence-corrected chi connectivity index (χ0v) is 14.1. The van der Waals surface area contributed by atoms with Crippen LogP contribution in [0.3, 0.4) is 0 Å². The van der Waals surface area contributed by atoms with Crippen molar-refractivity contribution in [1.82, 2.24) is 9.55 Å². The van der Waals surface area contributed by atoms with Crippen LogP contribution in [0.1, 0.15) is 13.3 Å². The Morgan fingerprint density at radius 2 is 1.96 bits per heavy atom. The summed E-state index contributed by atoms with van der Waals surface area (Å²) in [5.41, 5.74) is 0.958. The lowest BCUT2D eigenvalue weighted by Crippen LogP contribution is -2.23. The van der Waals surface area contributed by atoms with Gasteiger partial charge in [0.25, 0.3) is 5.56 Å². The first-order chi connectivity index (χ1) is 12.5. The fourth-order valence-corrected chi connectivity index (χ4v) is 2.50. The standard InChI is InChI=1S/C19H17N3O4/c1-13(23)21-14-5-4-6-15(11-14)26-18(24)9-10-22-12-20-17-8-3-2-7-16(17)19(22)25/h2-8,11-12H,9-10H2,1H3,(H,21,23). The number of nitrogens with zero attached hydrogens (tertiary/aromatic N) is 2. The Labute approximate surface area is 149 Å². The number of aryl methyl sites for hydroxylation is 1. The molecule has 0 spiro atoms. The van der Waals surface area contributed by atoms with Gasteiger partial charge in [0.1, 0.15) is 5.75 Å². The fourth-order valence-electron chi connectivity index (χ4n) is 2.50. The molecule has 0 aliphatic heterocycles. The van der Waals surface area contributed by atoms with Crippen LogP contribution in [0.5, 0.6) is 5.75 Å². The van der Waals surface area contributed by atoms with E-state index in [-0.39, 0.29) is 24.4 Å². The molecule has 7 heteroatoms. The largest absolute Gasteiger partial charge is 0.426 e. The molecule has 0 radical (unpaired) electrons. The van der Waals surface area contributed by atoms with Crippen molar-refractivity contribution in [3.05, 3.63) is 65.2 Å². The SMILES string of the molecule is CC(=O)Nc1cccc(OC(=O)CCn2cnc3ccccc3c2=O)c1. The molecule has 2 aromatic carbocycles. The molecule has 0 aliphatic carbocycles. The van der Waals surface area contributed by atoms with Crippen LogP contribution in [0, 0.1) is 0 Å². The normalized spacial score (nSPS) is 10.5. The van der Waals surface area contributed by atoms with Crippen molar-refractivity contribution in [2.45, 2.75) is 19.9 Å². The van der Waals surface area contributed by atoms with Crippen LogP contribution >= 0.6 is 0 Å². The first kappa shape index (κ1) is 17.3. The second kappa shape index (κ2) is 7.60. The summed E-state index contributed by atoms with van der Waals surface area (Å²) < 4.78 is 6.65. The Bertz CT molecular complexity index is 1030. The van der Waals surface area contributed by atoms with Gasteiger partial charge < -0.3 is 10.1 Å². The fraction of sp³-hybridized carbons (Fsp3) is 0.158. The van der Waals surface area contributed by atoms with Crippen LogP contribution in [-0.2, 0) is 16.1 Å². The third-order valence-corrected chi connectivity index (χ3v) is 3.67. The lowest BCUT2D eigenvalue weighted by Gasteiger charge is -2.08. The van der Waals surface area contributed by atoms with E-state index in [0.717, 1.165) is 0 Å². The van der Waals surface area contributed by atoms with Crippen molar-refractivity contribution in [3.63, 3.8) is 0 Å². The quantitative estimate of drug-likeness (QED) is 0.563. The molecule has 3 aromatic rings. The second-order valence-corrected chi connectivity index (χ2v) is 5.69. The molecule has 1 N–H and O–H groups in total. The summed E-state index contributed by atoms with van der Waals surface area (Å²) in [6.45, 7) is 1.56. The number of rotatable bonds is 5. The molecular weight excluding hydrogens is 334 g/mol. The monoisotopic (exact) mass is 351 g/mol. The van der Waals surface area contributed by atoms with E-state index in [1.54, 1.807) is 42.5 Å². The topological polar surface area (TPSA) is 90.3 Å². The number of hydrogen-bond acceptors (Lipinski definition) is 5. The Morgan fingerprint density at radius 1 is 1.15 bits per heavy atom. The summed E-state index contributed by atoms with van der Waals surface area (Å²) >= 11 is 0. The molecule has 0 unspecified atom stereocenters. The van der Waals surface area contributed by atoms with E-state index < -0.39 is 5.97 Å². The van der Waals surface area contributed by atoms with Gasteiger partial charge in [-0.25, -0.2) is 4.98 Å². The van der Waals surface area contributed by atoms with E-state index in [1.165, 1.54) is 17.8 Å². The number of esters is 1. The van der Waals surface area contributed by atoms with Crippen LogP contribution in [0.4, 0.5) is 5.69 Å². The summed E-state index contributed by atoms with van der Waals surface area (Å²) in [6, 6.07) is 13.6. The van der Waals surface area contributed by atoms with Gasteiger partial charge in [0, 0.05) is 25.2 Å². The van der Waals surface area contributed by atoms with Gasteiger partial charge in [0.05, 0.1) is 23.7 Å². The number of para-hydroxylation sites is 1. The number of benzene rings is 2. The minimum Gasteiger partial charge on any atom is -0.426 e. The van der Waals surface area contributed by atoms with Gasteiger partial charge in [-0.1, -0.05) is 18.2 Å². The molecule has 0 saturated carbocycles. The Balaban J connectivity index is 1.65. The molecule has 132 valence electrons. The number of carbonyl (C=O) groups is 2. The molecule has 0 atom stereocenters. The highest BCUT2D eigenvalue weighted by Gasteiger charge is 2.09. The Hall–Kier alpha value is -3.48. The molecule has 26 heavy (non-hydrogen) atoms. The van der Waals surface area contributed by atoms with Crippen LogP contribution in [0.2, 0.25) is 0 Å². The highest BCUT2D eigenvalue weighted by atomic mass is 16.5. The molecule has 0 aliphatic rings. The smallest absolute Gasteiger partial charge is 0.312 e. The minimum absolute atomic E-state index is 0.0181. The molecular formula is C19H17N3O4. The van der Waals surface area contributed by atoms with E-state index in [0.29, 0.717) is 22.3 Å².